The first-order chi connectivity index (χ1) is 20.5. The van der Waals surface area contributed by atoms with Crippen molar-refractivity contribution in [3.8, 4) is 22.8 Å². The fourth-order valence-corrected chi connectivity index (χ4v) is 4.51. The average molecular weight is 601 g/mol. The number of para-hydroxylation sites is 1. The summed E-state index contributed by atoms with van der Waals surface area (Å²) in [4.78, 5) is 15.6. The molecule has 232 valence electrons. The molecule has 1 amide bonds. The van der Waals surface area contributed by atoms with E-state index < -0.39 is 23.3 Å². The molecule has 11 nitrogen and oxygen atoms in total. The summed E-state index contributed by atoms with van der Waals surface area (Å²) in [6.07, 6.45) is -0.532. The summed E-state index contributed by atoms with van der Waals surface area (Å²) in [6.45, 7) is 8.40. The van der Waals surface area contributed by atoms with Gasteiger partial charge in [-0.05, 0) is 39.0 Å². The molecule has 1 aromatic heterocycles. The highest BCUT2D eigenvalue weighted by molar-refractivity contribution is 5.74. The van der Waals surface area contributed by atoms with Crippen LogP contribution in [-0.4, -0.2) is 84.4 Å². The number of hydrogen-bond acceptors (Lipinski definition) is 10. The van der Waals surface area contributed by atoms with E-state index >= 15 is 0 Å². The van der Waals surface area contributed by atoms with Gasteiger partial charge in [-0.1, -0.05) is 12.1 Å². The van der Waals surface area contributed by atoms with Crippen molar-refractivity contribution in [3.63, 3.8) is 0 Å². The summed E-state index contributed by atoms with van der Waals surface area (Å²) in [5, 5.41) is 21.0. The number of anilines is 2. The van der Waals surface area contributed by atoms with Gasteiger partial charge >= 0.3 is 6.09 Å². The summed E-state index contributed by atoms with van der Waals surface area (Å²) in [7, 11) is 0. The van der Waals surface area contributed by atoms with E-state index in [2.05, 4.69) is 15.5 Å². The standard InChI is InChI=1S/C30H38F2N6O5/c1-30(2,3)43-29(40)34-8-13-41-14-15-42-20-16-23(31)22(24(32)17-20)19-37-9-11-38(12-10-37)26-18-25(35-36-28(26)33)21-6-4-5-7-27(21)39/h4-7,16-18,39H,8-15,19H2,1-3H3,(H2,33,36)(H,34,40). The number of benzene rings is 2. The van der Waals surface area contributed by atoms with Crippen molar-refractivity contribution in [2.24, 2.45) is 0 Å². The molecule has 4 rings (SSSR count). The third-order valence-corrected chi connectivity index (χ3v) is 6.60. The van der Waals surface area contributed by atoms with E-state index in [0.29, 0.717) is 43.1 Å². The number of nitrogens with two attached hydrogens (primary N) is 1. The molecule has 13 heteroatoms. The number of aromatic nitrogens is 2. The van der Waals surface area contributed by atoms with Crippen LogP contribution in [-0.2, 0) is 16.0 Å². The van der Waals surface area contributed by atoms with Gasteiger partial charge in [-0.2, -0.15) is 0 Å². The average Bonchev–Trinajstić information content (AvgIpc) is 2.94. The van der Waals surface area contributed by atoms with E-state index in [1.807, 2.05) is 9.80 Å². The number of rotatable bonds is 11. The topological polar surface area (TPSA) is 135 Å². The smallest absolute Gasteiger partial charge is 0.407 e. The van der Waals surface area contributed by atoms with Crippen LogP contribution >= 0.6 is 0 Å². The Hall–Kier alpha value is -4.23. The highest BCUT2D eigenvalue weighted by Gasteiger charge is 2.23. The largest absolute Gasteiger partial charge is 0.507 e. The molecule has 1 aliphatic rings. The van der Waals surface area contributed by atoms with Crippen LogP contribution in [0.1, 0.15) is 26.3 Å². The van der Waals surface area contributed by atoms with Crippen LogP contribution in [0.15, 0.2) is 42.5 Å². The number of nitrogen functional groups attached to an aromatic ring is 1. The third kappa shape index (κ3) is 9.13. The van der Waals surface area contributed by atoms with E-state index in [9.17, 15) is 18.7 Å². The van der Waals surface area contributed by atoms with Crippen LogP contribution in [0.5, 0.6) is 11.5 Å². The summed E-state index contributed by atoms with van der Waals surface area (Å²) < 4.78 is 45.7. The summed E-state index contributed by atoms with van der Waals surface area (Å²) in [5.41, 5.74) is 7.24. The SMILES string of the molecule is CC(C)(C)OC(=O)NCCOCCOc1cc(F)c(CN2CCN(c3cc(-c4ccccc4O)nnc3N)CC2)c(F)c1. The third-order valence-electron chi connectivity index (χ3n) is 6.60. The zero-order chi connectivity index (χ0) is 31.0. The van der Waals surface area contributed by atoms with Crippen molar-refractivity contribution in [1.82, 2.24) is 20.4 Å². The minimum Gasteiger partial charge on any atom is -0.507 e. The lowest BCUT2D eigenvalue weighted by atomic mass is 10.1. The summed E-state index contributed by atoms with van der Waals surface area (Å²) in [6, 6.07) is 11.0. The molecule has 2 aromatic carbocycles. The number of halogens is 2. The zero-order valence-corrected chi connectivity index (χ0v) is 24.6. The van der Waals surface area contributed by atoms with Crippen LogP contribution in [0.3, 0.4) is 0 Å². The second-order valence-corrected chi connectivity index (χ2v) is 11.0. The number of phenols is 1. The number of alkyl carbamates (subject to hydrolysis) is 1. The number of amides is 1. The molecule has 4 N–H and O–H groups in total. The first-order valence-corrected chi connectivity index (χ1v) is 14.0. The molecule has 0 aliphatic carbocycles. The number of carbonyl (C=O) groups excluding carboxylic acids is 1. The lowest BCUT2D eigenvalue weighted by molar-refractivity contribution is 0.0489. The lowest BCUT2D eigenvalue weighted by Crippen LogP contribution is -2.46. The van der Waals surface area contributed by atoms with Crippen LogP contribution in [0.4, 0.5) is 25.1 Å². The molecule has 1 aliphatic heterocycles. The molecular formula is C30H38F2N6O5. The molecule has 0 radical (unpaired) electrons. The predicted molar refractivity (Wildman–Crippen MR) is 158 cm³/mol. The predicted octanol–water partition coefficient (Wildman–Crippen LogP) is 3.95. The normalized spacial score (nSPS) is 14.0. The Balaban J connectivity index is 1.23. The number of ether oxygens (including phenoxy) is 3. The van der Waals surface area contributed by atoms with Crippen molar-refractivity contribution in [2.45, 2.75) is 32.9 Å². The van der Waals surface area contributed by atoms with Crippen molar-refractivity contribution in [1.29, 1.82) is 0 Å². The van der Waals surface area contributed by atoms with Gasteiger partial charge in [-0.15, -0.1) is 10.2 Å². The first kappa shape index (κ1) is 31.7. The number of piperazine rings is 1. The van der Waals surface area contributed by atoms with Gasteiger partial charge < -0.3 is 35.3 Å². The van der Waals surface area contributed by atoms with Crippen molar-refractivity contribution >= 4 is 17.6 Å². The van der Waals surface area contributed by atoms with Gasteiger partial charge in [0, 0.05) is 62.5 Å². The van der Waals surface area contributed by atoms with Gasteiger partial charge in [0.1, 0.15) is 35.3 Å². The Morgan fingerprint density at radius 2 is 1.72 bits per heavy atom. The number of phenolic OH excluding ortho intramolecular Hbond substituents is 1. The summed E-state index contributed by atoms with van der Waals surface area (Å²) >= 11 is 0. The van der Waals surface area contributed by atoms with Crippen molar-refractivity contribution in [2.75, 3.05) is 63.2 Å². The quantitative estimate of drug-likeness (QED) is 0.278. The molecule has 0 bridgehead atoms. The van der Waals surface area contributed by atoms with Crippen LogP contribution < -0.4 is 20.7 Å². The highest BCUT2D eigenvalue weighted by Crippen LogP contribution is 2.32. The van der Waals surface area contributed by atoms with Gasteiger partial charge in [0.15, 0.2) is 5.82 Å². The van der Waals surface area contributed by atoms with E-state index in [0.717, 1.165) is 0 Å². The number of nitrogens with one attached hydrogen (secondary N) is 1. The fraction of sp³-hybridized carbons (Fsp3) is 0.433. The monoisotopic (exact) mass is 600 g/mol. The number of carbonyl (C=O) groups is 1. The molecule has 3 aromatic rings. The van der Waals surface area contributed by atoms with Gasteiger partial charge in [-0.25, -0.2) is 13.6 Å². The Labute approximate surface area is 249 Å². The van der Waals surface area contributed by atoms with E-state index in [-0.39, 0.29) is 55.8 Å². The Bertz CT molecular complexity index is 1370. The number of nitrogens with zero attached hydrogens (tertiary/aromatic N) is 4. The maximum Gasteiger partial charge on any atom is 0.407 e. The minimum atomic E-state index is -0.685. The van der Waals surface area contributed by atoms with Crippen LogP contribution in [0, 0.1) is 11.6 Å². The van der Waals surface area contributed by atoms with Gasteiger partial charge in [0.25, 0.3) is 0 Å². The van der Waals surface area contributed by atoms with Crippen LogP contribution in [0.2, 0.25) is 0 Å². The van der Waals surface area contributed by atoms with Gasteiger partial charge in [0.2, 0.25) is 0 Å². The molecule has 0 atom stereocenters. The van der Waals surface area contributed by atoms with Gasteiger partial charge in [0.05, 0.1) is 24.6 Å². The maximum atomic E-state index is 14.9. The molecule has 0 saturated carbocycles. The molecular weight excluding hydrogens is 562 g/mol. The number of hydrogen-bond donors (Lipinski definition) is 3. The highest BCUT2D eigenvalue weighted by atomic mass is 19.1. The second kappa shape index (κ2) is 14.3. The van der Waals surface area contributed by atoms with E-state index in [1.54, 1.807) is 51.1 Å². The summed E-state index contributed by atoms with van der Waals surface area (Å²) in [5.74, 6) is -0.941. The number of aromatic hydroxyl groups is 1. The first-order valence-electron chi connectivity index (χ1n) is 14.0. The minimum absolute atomic E-state index is 0.0304. The zero-order valence-electron chi connectivity index (χ0n) is 24.6. The van der Waals surface area contributed by atoms with Crippen molar-refractivity contribution < 1.29 is 32.9 Å². The molecule has 43 heavy (non-hydrogen) atoms. The Kier molecular flexibility index (Phi) is 10.5. The Morgan fingerprint density at radius 1 is 1.02 bits per heavy atom. The molecule has 1 fully saturated rings. The fourth-order valence-electron chi connectivity index (χ4n) is 4.51. The molecule has 0 unspecified atom stereocenters. The van der Waals surface area contributed by atoms with E-state index in [4.69, 9.17) is 19.9 Å². The second-order valence-electron chi connectivity index (χ2n) is 11.0. The van der Waals surface area contributed by atoms with Crippen molar-refractivity contribution in [3.05, 3.63) is 59.7 Å². The van der Waals surface area contributed by atoms with Gasteiger partial charge in [-0.3, -0.25) is 4.90 Å². The van der Waals surface area contributed by atoms with E-state index in [1.165, 1.54) is 12.1 Å². The molecule has 2 heterocycles. The maximum absolute atomic E-state index is 14.9. The molecule has 1 saturated heterocycles. The Morgan fingerprint density at radius 3 is 2.40 bits per heavy atom. The van der Waals surface area contributed by atoms with Crippen LogP contribution in [0.25, 0.3) is 11.3 Å². The molecule has 0 spiro atoms. The lowest BCUT2D eigenvalue weighted by Gasteiger charge is -2.36.